The lowest BCUT2D eigenvalue weighted by atomic mass is 10.1. The van der Waals surface area contributed by atoms with Gasteiger partial charge in [0.05, 0.1) is 0 Å². The third-order valence-corrected chi connectivity index (χ3v) is 3.84. The van der Waals surface area contributed by atoms with E-state index in [1.165, 1.54) is 12.5 Å². The fourth-order valence-corrected chi connectivity index (χ4v) is 2.41. The van der Waals surface area contributed by atoms with Crippen LogP contribution in [0.25, 0.3) is 0 Å². The summed E-state index contributed by atoms with van der Waals surface area (Å²) in [5, 5.41) is 5.76. The topological polar surface area (TPSA) is 58.2 Å². The van der Waals surface area contributed by atoms with Crippen molar-refractivity contribution < 1.29 is 9.59 Å². The van der Waals surface area contributed by atoms with E-state index < -0.39 is 0 Å². The van der Waals surface area contributed by atoms with E-state index in [1.807, 2.05) is 37.3 Å². The Morgan fingerprint density at radius 2 is 1.62 bits per heavy atom. The first-order valence-electron chi connectivity index (χ1n) is 8.23. The Morgan fingerprint density at radius 3 is 2.25 bits per heavy atom. The van der Waals surface area contributed by atoms with Crippen LogP contribution in [0, 0.1) is 0 Å². The molecule has 0 fully saturated rings. The summed E-state index contributed by atoms with van der Waals surface area (Å²) < 4.78 is 0. The predicted octanol–water partition coefficient (Wildman–Crippen LogP) is 3.07. The van der Waals surface area contributed by atoms with Gasteiger partial charge in [-0.15, -0.1) is 0 Å². The van der Waals surface area contributed by atoms with Gasteiger partial charge in [-0.1, -0.05) is 42.5 Å². The van der Waals surface area contributed by atoms with Gasteiger partial charge in [0.15, 0.2) is 0 Å². The molecule has 0 aromatic heterocycles. The quantitative estimate of drug-likeness (QED) is 0.822. The summed E-state index contributed by atoms with van der Waals surface area (Å²) in [6, 6.07) is 17.7. The summed E-state index contributed by atoms with van der Waals surface area (Å²) in [6.07, 6.45) is 1.84. The first-order chi connectivity index (χ1) is 11.5. The molecule has 2 aromatic rings. The van der Waals surface area contributed by atoms with Crippen molar-refractivity contribution in [2.75, 3.05) is 0 Å². The molecule has 0 bridgehead atoms. The fraction of sp³-hybridized carbons (Fsp3) is 0.300. The largest absolute Gasteiger partial charge is 0.352 e. The van der Waals surface area contributed by atoms with Crippen LogP contribution in [-0.4, -0.2) is 17.9 Å². The number of rotatable bonds is 7. The molecule has 0 spiro atoms. The Morgan fingerprint density at radius 1 is 0.958 bits per heavy atom. The van der Waals surface area contributed by atoms with Crippen LogP contribution in [0.4, 0.5) is 0 Å². The van der Waals surface area contributed by atoms with Crippen molar-refractivity contribution in [3.63, 3.8) is 0 Å². The molecule has 1 atom stereocenters. The van der Waals surface area contributed by atoms with Crippen LogP contribution in [0.15, 0.2) is 54.6 Å². The molecule has 0 heterocycles. The first kappa shape index (κ1) is 17.7. The lowest BCUT2D eigenvalue weighted by molar-refractivity contribution is -0.119. The third kappa shape index (κ3) is 5.88. The third-order valence-electron chi connectivity index (χ3n) is 3.84. The molecule has 0 saturated carbocycles. The van der Waals surface area contributed by atoms with Crippen molar-refractivity contribution in [1.82, 2.24) is 10.6 Å². The number of aryl methyl sites for hydroxylation is 1. The summed E-state index contributed by atoms with van der Waals surface area (Å²) in [5.74, 6) is -0.134. The lowest BCUT2D eigenvalue weighted by Gasteiger charge is -2.14. The van der Waals surface area contributed by atoms with E-state index in [-0.39, 0.29) is 17.9 Å². The molecule has 0 aliphatic rings. The molecule has 4 nitrogen and oxygen atoms in total. The van der Waals surface area contributed by atoms with Gasteiger partial charge in [-0.25, -0.2) is 0 Å². The molecule has 2 amide bonds. The molecule has 2 rings (SSSR count). The van der Waals surface area contributed by atoms with Crippen LogP contribution in [0.2, 0.25) is 0 Å². The smallest absolute Gasteiger partial charge is 0.251 e. The van der Waals surface area contributed by atoms with E-state index in [9.17, 15) is 9.59 Å². The summed E-state index contributed by atoms with van der Waals surface area (Å²) >= 11 is 0. The van der Waals surface area contributed by atoms with E-state index in [2.05, 4.69) is 22.8 Å². The van der Waals surface area contributed by atoms with Crippen LogP contribution in [0.5, 0.6) is 0 Å². The Hall–Kier alpha value is -2.62. The average molecular weight is 324 g/mol. The summed E-state index contributed by atoms with van der Waals surface area (Å²) in [4.78, 5) is 23.2. The molecule has 0 radical (unpaired) electrons. The molecule has 2 aromatic carbocycles. The van der Waals surface area contributed by atoms with Gasteiger partial charge >= 0.3 is 0 Å². The minimum Gasteiger partial charge on any atom is -0.352 e. The number of nitrogens with one attached hydrogen (secondary N) is 2. The van der Waals surface area contributed by atoms with E-state index in [0.717, 1.165) is 18.4 Å². The van der Waals surface area contributed by atoms with E-state index in [1.54, 1.807) is 12.1 Å². The maximum absolute atomic E-state index is 12.3. The van der Waals surface area contributed by atoms with Crippen molar-refractivity contribution in [2.45, 2.75) is 39.3 Å². The van der Waals surface area contributed by atoms with Gasteiger partial charge in [0.2, 0.25) is 5.91 Å². The zero-order valence-corrected chi connectivity index (χ0v) is 14.2. The molecule has 0 saturated heterocycles. The minimum absolute atomic E-state index is 0.0657. The second kappa shape index (κ2) is 8.87. The predicted molar refractivity (Wildman–Crippen MR) is 95.7 cm³/mol. The van der Waals surface area contributed by atoms with Gasteiger partial charge in [0.25, 0.3) is 5.91 Å². The Labute approximate surface area is 143 Å². The van der Waals surface area contributed by atoms with Gasteiger partial charge < -0.3 is 10.6 Å². The van der Waals surface area contributed by atoms with Crippen LogP contribution in [-0.2, 0) is 17.8 Å². The number of hydrogen-bond acceptors (Lipinski definition) is 2. The van der Waals surface area contributed by atoms with E-state index in [0.29, 0.717) is 12.1 Å². The average Bonchev–Trinajstić information content (AvgIpc) is 2.59. The number of carbonyl (C=O) groups is 2. The number of carbonyl (C=O) groups excluding carboxylic acids is 2. The highest BCUT2D eigenvalue weighted by atomic mass is 16.2. The Balaban J connectivity index is 1.81. The molecule has 0 aliphatic carbocycles. The summed E-state index contributed by atoms with van der Waals surface area (Å²) in [6.45, 7) is 3.98. The van der Waals surface area contributed by atoms with Gasteiger partial charge in [0.1, 0.15) is 0 Å². The molecule has 4 heteroatoms. The van der Waals surface area contributed by atoms with Crippen molar-refractivity contribution in [3.8, 4) is 0 Å². The highest BCUT2D eigenvalue weighted by Crippen LogP contribution is 2.07. The first-order valence-corrected chi connectivity index (χ1v) is 8.23. The van der Waals surface area contributed by atoms with E-state index >= 15 is 0 Å². The SMILES string of the molecule is CC(=O)NCc1ccc(C(=O)NC(C)CCc2ccccc2)cc1. The van der Waals surface area contributed by atoms with Crippen molar-refractivity contribution in [2.24, 2.45) is 0 Å². The van der Waals surface area contributed by atoms with Crippen molar-refractivity contribution in [1.29, 1.82) is 0 Å². The molecule has 1 unspecified atom stereocenters. The number of amides is 2. The minimum atomic E-state index is -0.0679. The summed E-state index contributed by atoms with van der Waals surface area (Å²) in [7, 11) is 0. The molecule has 2 N–H and O–H groups in total. The van der Waals surface area contributed by atoms with E-state index in [4.69, 9.17) is 0 Å². The molecule has 0 aliphatic heterocycles. The molecule has 24 heavy (non-hydrogen) atoms. The number of hydrogen-bond donors (Lipinski definition) is 2. The zero-order chi connectivity index (χ0) is 17.4. The highest BCUT2D eigenvalue weighted by molar-refractivity contribution is 5.94. The van der Waals surface area contributed by atoms with Gasteiger partial charge in [-0.3, -0.25) is 9.59 Å². The van der Waals surface area contributed by atoms with Crippen LogP contribution < -0.4 is 10.6 Å². The van der Waals surface area contributed by atoms with Crippen molar-refractivity contribution in [3.05, 3.63) is 71.3 Å². The van der Waals surface area contributed by atoms with Gasteiger partial charge in [-0.2, -0.15) is 0 Å². The zero-order valence-electron chi connectivity index (χ0n) is 14.2. The highest BCUT2D eigenvalue weighted by Gasteiger charge is 2.10. The molecular weight excluding hydrogens is 300 g/mol. The van der Waals surface area contributed by atoms with Crippen LogP contribution in [0.1, 0.15) is 41.8 Å². The number of benzene rings is 2. The molecular formula is C20H24N2O2. The maximum Gasteiger partial charge on any atom is 0.251 e. The van der Waals surface area contributed by atoms with Crippen molar-refractivity contribution >= 4 is 11.8 Å². The maximum atomic E-state index is 12.3. The second-order valence-electron chi connectivity index (χ2n) is 6.01. The second-order valence-corrected chi connectivity index (χ2v) is 6.01. The van der Waals surface area contributed by atoms with Crippen LogP contribution in [0.3, 0.4) is 0 Å². The monoisotopic (exact) mass is 324 g/mol. The standard InChI is InChI=1S/C20H24N2O2/c1-15(8-9-17-6-4-3-5-7-17)22-20(24)19-12-10-18(11-13-19)14-21-16(2)23/h3-7,10-13,15H,8-9,14H2,1-2H3,(H,21,23)(H,22,24). The normalized spacial score (nSPS) is 11.6. The van der Waals surface area contributed by atoms with Gasteiger partial charge in [-0.05, 0) is 43.0 Å². The summed E-state index contributed by atoms with van der Waals surface area (Å²) in [5.41, 5.74) is 2.88. The fourth-order valence-electron chi connectivity index (χ4n) is 2.41. The van der Waals surface area contributed by atoms with Crippen LogP contribution >= 0.6 is 0 Å². The molecule has 126 valence electrons. The Kier molecular flexibility index (Phi) is 6.55. The Bertz CT molecular complexity index is 666. The lowest BCUT2D eigenvalue weighted by Crippen LogP contribution is -2.32. The van der Waals surface area contributed by atoms with Gasteiger partial charge in [0, 0.05) is 25.1 Å².